The number of halogens is 1. The molecule has 0 amide bonds. The number of benzene rings is 1. The van der Waals surface area contributed by atoms with Crippen molar-refractivity contribution in [1.82, 2.24) is 10.1 Å². The Hall–Kier alpha value is -1.72. The molecule has 23 heavy (non-hydrogen) atoms. The Bertz CT molecular complexity index is 572. The second kappa shape index (κ2) is 8.79. The first-order valence-corrected chi connectivity index (χ1v) is 7.74. The van der Waals surface area contributed by atoms with Gasteiger partial charge in [0.05, 0.1) is 0 Å². The normalized spacial score (nSPS) is 13.7. The Labute approximate surface area is 143 Å². The van der Waals surface area contributed by atoms with Gasteiger partial charge < -0.3 is 18.9 Å². The van der Waals surface area contributed by atoms with Gasteiger partial charge in [0.25, 0.3) is 5.88 Å². The highest BCUT2D eigenvalue weighted by Gasteiger charge is 2.22. The summed E-state index contributed by atoms with van der Waals surface area (Å²) in [4.78, 5) is 2.30. The second-order valence-corrected chi connectivity index (χ2v) is 5.79. The first-order valence-electron chi connectivity index (χ1n) is 7.74. The predicted octanol–water partition coefficient (Wildman–Crippen LogP) is 3.40. The molecule has 0 bridgehead atoms. The van der Waals surface area contributed by atoms with Crippen LogP contribution in [0.3, 0.4) is 0 Å². The van der Waals surface area contributed by atoms with Crippen LogP contribution in [0.15, 0.2) is 40.9 Å². The van der Waals surface area contributed by atoms with Crippen molar-refractivity contribution in [3.05, 3.63) is 42.2 Å². The molecule has 0 atom stereocenters. The standard InChI is InChI=1S/C17H22N2O3.ClH/c1-19(12-14-7-8-14)9-10-20-17-11-16(22-18-17)13-21-15-5-3-2-4-6-15;/h2-6,11,14H,7-10,12-13H2,1H3;1H. The average molecular weight is 339 g/mol. The lowest BCUT2D eigenvalue weighted by Gasteiger charge is -2.15. The molecular weight excluding hydrogens is 316 g/mol. The van der Waals surface area contributed by atoms with E-state index in [4.69, 9.17) is 14.0 Å². The van der Waals surface area contributed by atoms with Crippen molar-refractivity contribution in [2.75, 3.05) is 26.7 Å². The summed E-state index contributed by atoms with van der Waals surface area (Å²) >= 11 is 0. The molecule has 0 N–H and O–H groups in total. The van der Waals surface area contributed by atoms with E-state index in [-0.39, 0.29) is 12.4 Å². The smallest absolute Gasteiger partial charge is 0.254 e. The molecule has 3 rings (SSSR count). The number of nitrogens with zero attached hydrogens (tertiary/aromatic N) is 2. The fraction of sp³-hybridized carbons (Fsp3) is 0.471. The van der Waals surface area contributed by atoms with Crippen LogP contribution in [-0.2, 0) is 6.61 Å². The molecule has 0 radical (unpaired) electrons. The summed E-state index contributed by atoms with van der Waals surface area (Å²) in [5, 5.41) is 3.90. The minimum absolute atomic E-state index is 0. The van der Waals surface area contributed by atoms with E-state index in [1.54, 1.807) is 6.07 Å². The van der Waals surface area contributed by atoms with Gasteiger partial charge in [0, 0.05) is 19.2 Å². The molecule has 1 aromatic carbocycles. The van der Waals surface area contributed by atoms with Crippen molar-refractivity contribution < 1.29 is 14.0 Å². The molecule has 0 spiro atoms. The molecule has 1 fully saturated rings. The van der Waals surface area contributed by atoms with Crippen LogP contribution in [0.4, 0.5) is 0 Å². The van der Waals surface area contributed by atoms with Crippen molar-refractivity contribution in [2.45, 2.75) is 19.4 Å². The summed E-state index contributed by atoms with van der Waals surface area (Å²) in [5.41, 5.74) is 0. The Morgan fingerprint density at radius 3 is 2.74 bits per heavy atom. The van der Waals surface area contributed by atoms with E-state index < -0.39 is 0 Å². The summed E-state index contributed by atoms with van der Waals surface area (Å²) in [6, 6.07) is 11.4. The molecule has 0 saturated heterocycles. The molecule has 1 aliphatic carbocycles. The molecule has 1 saturated carbocycles. The van der Waals surface area contributed by atoms with Gasteiger partial charge in [-0.1, -0.05) is 18.2 Å². The van der Waals surface area contributed by atoms with E-state index in [9.17, 15) is 0 Å². The van der Waals surface area contributed by atoms with Gasteiger partial charge in [0.2, 0.25) is 0 Å². The average Bonchev–Trinajstić information content (AvgIpc) is 3.23. The maximum absolute atomic E-state index is 5.61. The van der Waals surface area contributed by atoms with Crippen LogP contribution in [0.25, 0.3) is 0 Å². The van der Waals surface area contributed by atoms with Crippen molar-refractivity contribution in [2.24, 2.45) is 5.92 Å². The monoisotopic (exact) mass is 338 g/mol. The van der Waals surface area contributed by atoms with Gasteiger partial charge >= 0.3 is 0 Å². The van der Waals surface area contributed by atoms with Crippen LogP contribution < -0.4 is 9.47 Å². The van der Waals surface area contributed by atoms with Crippen molar-refractivity contribution >= 4 is 12.4 Å². The summed E-state index contributed by atoms with van der Waals surface area (Å²) in [5.74, 6) is 2.89. The van der Waals surface area contributed by atoms with Gasteiger partial charge in [0.1, 0.15) is 19.0 Å². The Balaban J connectivity index is 0.00000192. The quantitative estimate of drug-likeness (QED) is 0.701. The fourth-order valence-corrected chi connectivity index (χ4v) is 2.24. The Kier molecular flexibility index (Phi) is 6.74. The van der Waals surface area contributed by atoms with Crippen LogP contribution in [0.5, 0.6) is 11.6 Å². The van der Waals surface area contributed by atoms with E-state index in [0.29, 0.717) is 24.9 Å². The Morgan fingerprint density at radius 1 is 1.22 bits per heavy atom. The zero-order chi connectivity index (χ0) is 15.2. The first-order chi connectivity index (χ1) is 10.8. The summed E-state index contributed by atoms with van der Waals surface area (Å²) in [6.45, 7) is 3.04. The number of rotatable bonds is 9. The Morgan fingerprint density at radius 2 is 2.00 bits per heavy atom. The zero-order valence-electron chi connectivity index (χ0n) is 13.3. The lowest BCUT2D eigenvalue weighted by atomic mass is 10.3. The van der Waals surface area contributed by atoms with Crippen LogP contribution in [0, 0.1) is 5.92 Å². The van der Waals surface area contributed by atoms with Crippen LogP contribution in [0.2, 0.25) is 0 Å². The molecule has 126 valence electrons. The summed E-state index contributed by atoms with van der Waals surface area (Å²) in [7, 11) is 2.13. The summed E-state index contributed by atoms with van der Waals surface area (Å²) in [6.07, 6.45) is 2.75. The molecule has 6 heteroatoms. The molecule has 0 aliphatic heterocycles. The molecule has 1 aliphatic rings. The molecule has 0 unspecified atom stereocenters. The fourth-order valence-electron chi connectivity index (χ4n) is 2.24. The molecule has 1 aromatic heterocycles. The van der Waals surface area contributed by atoms with E-state index in [0.717, 1.165) is 18.2 Å². The van der Waals surface area contributed by atoms with Crippen molar-refractivity contribution in [3.63, 3.8) is 0 Å². The number of ether oxygens (including phenoxy) is 2. The number of hydrogen-bond acceptors (Lipinski definition) is 5. The number of likely N-dealkylation sites (N-methyl/N-ethyl adjacent to an activating group) is 1. The van der Waals surface area contributed by atoms with Gasteiger partial charge in [0.15, 0.2) is 5.76 Å². The number of aromatic nitrogens is 1. The maximum Gasteiger partial charge on any atom is 0.254 e. The zero-order valence-corrected chi connectivity index (χ0v) is 14.1. The largest absolute Gasteiger partial charge is 0.486 e. The van der Waals surface area contributed by atoms with Gasteiger partial charge in [-0.15, -0.1) is 12.4 Å². The third kappa shape index (κ3) is 6.12. The third-order valence-electron chi connectivity index (χ3n) is 3.65. The SMILES string of the molecule is CN(CCOc1cc(COc2ccccc2)on1)CC1CC1.Cl. The van der Waals surface area contributed by atoms with Crippen molar-refractivity contribution in [1.29, 1.82) is 0 Å². The number of para-hydroxylation sites is 1. The van der Waals surface area contributed by atoms with Crippen LogP contribution in [0.1, 0.15) is 18.6 Å². The number of hydrogen-bond donors (Lipinski definition) is 0. The van der Waals surface area contributed by atoms with E-state index in [2.05, 4.69) is 17.1 Å². The maximum atomic E-state index is 5.61. The highest BCUT2D eigenvalue weighted by Crippen LogP contribution is 2.29. The van der Waals surface area contributed by atoms with Gasteiger partial charge in [-0.3, -0.25) is 0 Å². The summed E-state index contributed by atoms with van der Waals surface area (Å²) < 4.78 is 16.4. The minimum Gasteiger partial charge on any atom is -0.486 e. The van der Waals surface area contributed by atoms with Gasteiger partial charge in [-0.05, 0) is 43.1 Å². The van der Waals surface area contributed by atoms with E-state index >= 15 is 0 Å². The molecule has 2 aromatic rings. The predicted molar refractivity (Wildman–Crippen MR) is 90.2 cm³/mol. The highest BCUT2D eigenvalue weighted by atomic mass is 35.5. The topological polar surface area (TPSA) is 47.7 Å². The van der Waals surface area contributed by atoms with Gasteiger partial charge in [-0.2, -0.15) is 0 Å². The van der Waals surface area contributed by atoms with Crippen molar-refractivity contribution in [3.8, 4) is 11.6 Å². The van der Waals surface area contributed by atoms with Gasteiger partial charge in [-0.25, -0.2) is 0 Å². The minimum atomic E-state index is 0. The lowest BCUT2D eigenvalue weighted by molar-refractivity contribution is 0.212. The highest BCUT2D eigenvalue weighted by molar-refractivity contribution is 5.85. The molecule has 1 heterocycles. The second-order valence-electron chi connectivity index (χ2n) is 5.79. The van der Waals surface area contributed by atoms with E-state index in [1.807, 2.05) is 30.3 Å². The lowest BCUT2D eigenvalue weighted by Crippen LogP contribution is -2.26. The van der Waals surface area contributed by atoms with E-state index in [1.165, 1.54) is 19.4 Å². The molecular formula is C17H23ClN2O3. The first kappa shape index (κ1) is 17.6. The third-order valence-corrected chi connectivity index (χ3v) is 3.65. The van der Waals surface area contributed by atoms with Crippen LogP contribution in [-0.4, -0.2) is 36.8 Å². The van der Waals surface area contributed by atoms with Crippen LogP contribution >= 0.6 is 12.4 Å². The molecule has 5 nitrogen and oxygen atoms in total.